The molecule has 290 valence electrons. The van der Waals surface area contributed by atoms with Gasteiger partial charge >= 0.3 is 0 Å². The fourth-order valence-corrected chi connectivity index (χ4v) is 7.47. The van der Waals surface area contributed by atoms with Gasteiger partial charge in [0.1, 0.15) is 18.3 Å². The van der Waals surface area contributed by atoms with Crippen molar-refractivity contribution in [2.45, 2.75) is 211 Å². The summed E-state index contributed by atoms with van der Waals surface area (Å²) in [7, 11) is 3.79. The standard InChI is InChI=1S/C45H81NO4/c1-5-7-9-11-13-15-17-19-21-23-25-27-29-31-33-35-37-45(49-42-40-46(3)39-41(48-4)43(47)44(42)50-45)38-36-34-32-30-28-26-24-22-20-18-16-14-12-10-8-6-2/h13-16,19-22,41-44,47H,5-12,17-18,23-40H2,1-4H3/t41?,42?,43-,44+,45?/m1/s1. The van der Waals surface area contributed by atoms with Gasteiger partial charge in [0.25, 0.3) is 0 Å². The van der Waals surface area contributed by atoms with E-state index in [1.165, 1.54) is 128 Å². The molecule has 0 saturated carbocycles. The second-order valence-corrected chi connectivity index (χ2v) is 15.3. The fraction of sp³-hybridized carbons (Fsp3) is 0.822. The third-order valence-electron chi connectivity index (χ3n) is 10.6. The lowest BCUT2D eigenvalue weighted by Crippen LogP contribution is -2.44. The van der Waals surface area contributed by atoms with Crippen molar-refractivity contribution in [3.8, 4) is 0 Å². The van der Waals surface area contributed by atoms with Gasteiger partial charge in [0, 0.05) is 33.0 Å². The molecule has 4 atom stereocenters. The van der Waals surface area contributed by atoms with Gasteiger partial charge in [0.15, 0.2) is 5.79 Å². The van der Waals surface area contributed by atoms with Crippen molar-refractivity contribution in [2.24, 2.45) is 0 Å². The maximum absolute atomic E-state index is 11.2. The molecule has 2 aliphatic heterocycles. The van der Waals surface area contributed by atoms with Gasteiger partial charge in [-0.25, -0.2) is 0 Å². The van der Waals surface area contributed by atoms with E-state index in [1.54, 1.807) is 7.11 Å². The topological polar surface area (TPSA) is 51.2 Å². The maximum atomic E-state index is 11.2. The predicted molar refractivity (Wildman–Crippen MR) is 215 cm³/mol. The highest BCUT2D eigenvalue weighted by Crippen LogP contribution is 2.40. The van der Waals surface area contributed by atoms with Gasteiger partial charge in [-0.3, -0.25) is 0 Å². The molecule has 2 saturated heterocycles. The number of likely N-dealkylation sites (N-methyl/N-ethyl adjacent to an activating group) is 1. The van der Waals surface area contributed by atoms with Gasteiger partial charge in [-0.2, -0.15) is 0 Å². The number of hydrogen-bond acceptors (Lipinski definition) is 5. The highest BCUT2D eigenvalue weighted by Gasteiger charge is 2.52. The molecular weight excluding hydrogens is 618 g/mol. The summed E-state index contributed by atoms with van der Waals surface area (Å²) in [5.41, 5.74) is 0. The molecule has 50 heavy (non-hydrogen) atoms. The lowest BCUT2D eigenvalue weighted by Gasteiger charge is -2.31. The van der Waals surface area contributed by atoms with Crippen LogP contribution in [0.1, 0.15) is 181 Å². The molecule has 1 N–H and O–H groups in total. The zero-order valence-corrected chi connectivity index (χ0v) is 33.3. The Kier molecular flexibility index (Phi) is 27.2. The number of hydrogen-bond donors (Lipinski definition) is 1. The van der Waals surface area contributed by atoms with E-state index in [9.17, 15) is 5.11 Å². The van der Waals surface area contributed by atoms with Crippen LogP contribution >= 0.6 is 0 Å². The maximum Gasteiger partial charge on any atom is 0.169 e. The van der Waals surface area contributed by atoms with E-state index in [4.69, 9.17) is 14.2 Å². The third kappa shape index (κ3) is 20.7. The van der Waals surface area contributed by atoms with Crippen molar-refractivity contribution < 1.29 is 19.3 Å². The Labute approximate surface area is 310 Å². The molecule has 5 nitrogen and oxygen atoms in total. The quantitative estimate of drug-likeness (QED) is 0.0576. The van der Waals surface area contributed by atoms with Crippen molar-refractivity contribution >= 4 is 0 Å². The van der Waals surface area contributed by atoms with E-state index in [0.29, 0.717) is 6.54 Å². The Balaban J connectivity index is 1.67. The molecular formula is C45H81NO4. The van der Waals surface area contributed by atoms with E-state index < -0.39 is 11.9 Å². The lowest BCUT2D eigenvalue weighted by molar-refractivity contribution is -0.202. The molecule has 0 amide bonds. The minimum Gasteiger partial charge on any atom is -0.388 e. The van der Waals surface area contributed by atoms with Gasteiger partial charge in [-0.05, 0) is 84.1 Å². The summed E-state index contributed by atoms with van der Waals surface area (Å²) < 4.78 is 19.3. The van der Waals surface area contributed by atoms with Crippen molar-refractivity contribution in [3.63, 3.8) is 0 Å². The smallest absolute Gasteiger partial charge is 0.169 e. The van der Waals surface area contributed by atoms with Gasteiger partial charge in [-0.1, -0.05) is 140 Å². The van der Waals surface area contributed by atoms with Crippen LogP contribution in [0.4, 0.5) is 0 Å². The Hall–Kier alpha value is -1.24. The lowest BCUT2D eigenvalue weighted by atomic mass is 9.98. The number of likely N-dealkylation sites (tertiary alicyclic amines) is 1. The first kappa shape index (κ1) is 44.9. The Morgan fingerprint density at radius 1 is 0.580 bits per heavy atom. The van der Waals surface area contributed by atoms with Crippen LogP contribution in [-0.2, 0) is 14.2 Å². The van der Waals surface area contributed by atoms with Gasteiger partial charge in [-0.15, -0.1) is 0 Å². The minimum atomic E-state index is -0.663. The number of rotatable bonds is 31. The van der Waals surface area contributed by atoms with E-state index in [0.717, 1.165) is 45.1 Å². The van der Waals surface area contributed by atoms with Crippen LogP contribution in [0.25, 0.3) is 0 Å². The molecule has 0 spiro atoms. The fourth-order valence-electron chi connectivity index (χ4n) is 7.47. The average molecular weight is 700 g/mol. The van der Waals surface area contributed by atoms with Crippen LogP contribution in [0.3, 0.4) is 0 Å². The first-order valence-electron chi connectivity index (χ1n) is 21.4. The Bertz CT molecular complexity index is 850. The number of methoxy groups -OCH3 is 1. The minimum absolute atomic E-state index is 0.107. The zero-order chi connectivity index (χ0) is 36.0. The van der Waals surface area contributed by atoms with E-state index in [2.05, 4.69) is 74.4 Å². The number of ether oxygens (including phenoxy) is 3. The second kappa shape index (κ2) is 30.2. The molecule has 0 aromatic rings. The summed E-state index contributed by atoms with van der Waals surface area (Å²) in [4.78, 5) is 2.22. The molecule has 0 aliphatic carbocycles. The largest absolute Gasteiger partial charge is 0.388 e. The summed E-state index contributed by atoms with van der Waals surface area (Å²) in [6.45, 7) is 5.99. The summed E-state index contributed by atoms with van der Waals surface area (Å²) in [5, 5.41) is 11.2. The molecule has 2 rings (SSSR count). The molecule has 0 bridgehead atoms. The first-order chi connectivity index (χ1) is 24.5. The number of aliphatic hydroxyl groups excluding tert-OH is 1. The number of allylic oxidation sites excluding steroid dienone is 8. The molecule has 0 aromatic heterocycles. The molecule has 2 aliphatic rings. The number of unbranched alkanes of at least 4 members (excludes halogenated alkanes) is 18. The van der Waals surface area contributed by atoms with Crippen molar-refractivity contribution in [1.82, 2.24) is 4.90 Å². The summed E-state index contributed by atoms with van der Waals surface area (Å²) >= 11 is 0. The van der Waals surface area contributed by atoms with Crippen LogP contribution in [0.15, 0.2) is 48.6 Å². The predicted octanol–water partition coefficient (Wildman–Crippen LogP) is 12.2. The van der Waals surface area contributed by atoms with E-state index in [-0.39, 0.29) is 18.3 Å². The van der Waals surface area contributed by atoms with Crippen molar-refractivity contribution in [2.75, 3.05) is 27.2 Å². The van der Waals surface area contributed by atoms with Crippen LogP contribution in [0.5, 0.6) is 0 Å². The summed E-state index contributed by atoms with van der Waals surface area (Å²) in [6.07, 6.45) is 49.2. The SMILES string of the molecule is CCCCCC=CCC=CCCCCCCCCC1(CCCCCCCCC=CCC=CCCCCC)OC2CN(C)CC(OC)[C@@H](O)[C@H]2O1. The van der Waals surface area contributed by atoms with Crippen LogP contribution in [0.2, 0.25) is 0 Å². The van der Waals surface area contributed by atoms with Crippen LogP contribution in [0, 0.1) is 0 Å². The van der Waals surface area contributed by atoms with Crippen LogP contribution < -0.4 is 0 Å². The van der Waals surface area contributed by atoms with Gasteiger partial charge in [0.05, 0.1) is 6.10 Å². The van der Waals surface area contributed by atoms with Crippen LogP contribution in [-0.4, -0.2) is 67.5 Å². The highest BCUT2D eigenvalue weighted by molar-refractivity contribution is 4.97. The summed E-state index contributed by atoms with van der Waals surface area (Å²) in [6, 6.07) is 0. The molecule has 0 radical (unpaired) electrons. The normalized spacial score (nSPS) is 24.8. The Morgan fingerprint density at radius 2 is 1.00 bits per heavy atom. The number of aliphatic hydroxyl groups is 1. The van der Waals surface area contributed by atoms with Crippen molar-refractivity contribution in [3.05, 3.63) is 48.6 Å². The van der Waals surface area contributed by atoms with E-state index in [1.807, 2.05) is 0 Å². The monoisotopic (exact) mass is 700 g/mol. The van der Waals surface area contributed by atoms with Crippen molar-refractivity contribution in [1.29, 1.82) is 0 Å². The van der Waals surface area contributed by atoms with Gasteiger partial charge < -0.3 is 24.2 Å². The highest BCUT2D eigenvalue weighted by atomic mass is 16.8. The first-order valence-corrected chi connectivity index (χ1v) is 21.4. The average Bonchev–Trinajstić information content (AvgIpc) is 3.42. The van der Waals surface area contributed by atoms with E-state index >= 15 is 0 Å². The molecule has 2 heterocycles. The molecule has 2 unspecified atom stereocenters. The second-order valence-electron chi connectivity index (χ2n) is 15.3. The molecule has 5 heteroatoms. The number of fused-ring (bicyclic) bond motifs is 1. The third-order valence-corrected chi connectivity index (χ3v) is 10.6. The molecule has 0 aromatic carbocycles. The Morgan fingerprint density at radius 3 is 1.44 bits per heavy atom. The summed E-state index contributed by atoms with van der Waals surface area (Å²) in [5.74, 6) is -0.572. The molecule has 2 fully saturated rings. The van der Waals surface area contributed by atoms with Gasteiger partial charge in [0.2, 0.25) is 0 Å². The number of nitrogens with zero attached hydrogens (tertiary/aromatic N) is 1. The zero-order valence-electron chi connectivity index (χ0n) is 33.3.